The van der Waals surface area contributed by atoms with Crippen LogP contribution in [-0.4, -0.2) is 22.4 Å². The molecule has 1 unspecified atom stereocenters. The lowest BCUT2D eigenvalue weighted by atomic mass is 10.0. The molecule has 3 nitrogen and oxygen atoms in total. The highest BCUT2D eigenvalue weighted by Crippen LogP contribution is 2.42. The molecular formula is C19H20N2OS. The number of hydrogen-bond donors (Lipinski definition) is 1. The van der Waals surface area contributed by atoms with Gasteiger partial charge >= 0.3 is 0 Å². The van der Waals surface area contributed by atoms with Crippen LogP contribution in [0.1, 0.15) is 38.0 Å². The third-order valence-electron chi connectivity index (χ3n) is 4.29. The summed E-state index contributed by atoms with van der Waals surface area (Å²) in [7, 11) is 0. The molecule has 1 heterocycles. The van der Waals surface area contributed by atoms with E-state index in [1.165, 1.54) is 11.1 Å². The summed E-state index contributed by atoms with van der Waals surface area (Å²) in [6.45, 7) is 6.08. The predicted octanol–water partition coefficient (Wildman–Crippen LogP) is 4.48. The number of benzene rings is 2. The number of thioether (sulfide) groups is 1. The Morgan fingerprint density at radius 1 is 1.04 bits per heavy atom. The van der Waals surface area contributed by atoms with Crippen molar-refractivity contribution in [1.82, 2.24) is 4.90 Å². The fourth-order valence-electron chi connectivity index (χ4n) is 3.04. The normalized spacial score (nSPS) is 17.6. The van der Waals surface area contributed by atoms with Crippen molar-refractivity contribution in [2.24, 2.45) is 0 Å². The fourth-order valence-corrected chi connectivity index (χ4v) is 4.41. The molecule has 1 atom stereocenters. The number of carbonyl (C=O) groups excluding carboxylic acids is 1. The molecule has 1 amide bonds. The maximum atomic E-state index is 13.1. The summed E-state index contributed by atoms with van der Waals surface area (Å²) in [4.78, 5) is 14.7. The van der Waals surface area contributed by atoms with Crippen LogP contribution < -0.4 is 0 Å². The van der Waals surface area contributed by atoms with Gasteiger partial charge in [0.25, 0.3) is 5.91 Å². The van der Waals surface area contributed by atoms with Crippen LogP contribution in [-0.2, 0) is 0 Å². The highest BCUT2D eigenvalue weighted by molar-refractivity contribution is 8.00. The average molecular weight is 324 g/mol. The van der Waals surface area contributed by atoms with Gasteiger partial charge in [0.2, 0.25) is 0 Å². The van der Waals surface area contributed by atoms with Gasteiger partial charge in [0.05, 0.1) is 5.75 Å². The van der Waals surface area contributed by atoms with E-state index in [2.05, 4.69) is 26.0 Å². The first-order valence-corrected chi connectivity index (χ1v) is 8.70. The van der Waals surface area contributed by atoms with Crippen molar-refractivity contribution in [1.29, 1.82) is 5.41 Å². The van der Waals surface area contributed by atoms with E-state index in [0.717, 1.165) is 11.1 Å². The fraction of sp³-hybridized carbons (Fsp3) is 0.263. The zero-order valence-corrected chi connectivity index (χ0v) is 14.4. The van der Waals surface area contributed by atoms with Crippen molar-refractivity contribution in [2.75, 3.05) is 5.75 Å². The van der Waals surface area contributed by atoms with E-state index >= 15 is 0 Å². The summed E-state index contributed by atoms with van der Waals surface area (Å²) in [5, 5.41) is 8.15. The number of rotatable bonds is 2. The molecule has 1 saturated heterocycles. The molecule has 118 valence electrons. The van der Waals surface area contributed by atoms with Crippen LogP contribution in [0.4, 0.5) is 0 Å². The Hall–Kier alpha value is -2.07. The SMILES string of the molecule is Cc1ccccc1C(=O)N1C(=N)CSC1c1c(C)cccc1C. The van der Waals surface area contributed by atoms with Crippen LogP contribution in [0, 0.1) is 26.2 Å². The minimum Gasteiger partial charge on any atom is -0.287 e. The molecule has 1 aliphatic rings. The van der Waals surface area contributed by atoms with Gasteiger partial charge in [-0.15, -0.1) is 11.8 Å². The third kappa shape index (κ3) is 2.79. The van der Waals surface area contributed by atoms with Crippen molar-refractivity contribution in [3.05, 3.63) is 70.3 Å². The van der Waals surface area contributed by atoms with Gasteiger partial charge in [0.1, 0.15) is 11.2 Å². The Balaban J connectivity index is 2.04. The molecule has 2 aromatic carbocycles. The Bertz CT molecular complexity index is 764. The van der Waals surface area contributed by atoms with Crippen molar-refractivity contribution in [3.63, 3.8) is 0 Å². The van der Waals surface area contributed by atoms with Crippen LogP contribution in [0.2, 0.25) is 0 Å². The van der Waals surface area contributed by atoms with E-state index in [4.69, 9.17) is 5.41 Å². The second-order valence-electron chi connectivity index (χ2n) is 5.91. The summed E-state index contributed by atoms with van der Waals surface area (Å²) < 4.78 is 0. The molecule has 0 spiro atoms. The van der Waals surface area contributed by atoms with E-state index in [9.17, 15) is 4.79 Å². The van der Waals surface area contributed by atoms with Gasteiger partial charge in [0, 0.05) is 5.56 Å². The van der Waals surface area contributed by atoms with Crippen LogP contribution in [0.5, 0.6) is 0 Å². The Kier molecular flexibility index (Phi) is 4.26. The Morgan fingerprint density at radius 2 is 1.65 bits per heavy atom. The van der Waals surface area contributed by atoms with Gasteiger partial charge in [-0.1, -0.05) is 36.4 Å². The molecule has 0 aliphatic carbocycles. The number of aryl methyl sites for hydroxylation is 3. The molecular weight excluding hydrogens is 304 g/mol. The van der Waals surface area contributed by atoms with Gasteiger partial charge < -0.3 is 0 Å². The maximum Gasteiger partial charge on any atom is 0.260 e. The highest BCUT2D eigenvalue weighted by atomic mass is 32.2. The predicted molar refractivity (Wildman–Crippen MR) is 96.2 cm³/mol. The van der Waals surface area contributed by atoms with Crippen molar-refractivity contribution in [2.45, 2.75) is 26.1 Å². The van der Waals surface area contributed by atoms with E-state index < -0.39 is 0 Å². The minimum absolute atomic E-state index is 0.0780. The van der Waals surface area contributed by atoms with E-state index in [1.54, 1.807) is 16.7 Å². The molecule has 2 aromatic rings. The lowest BCUT2D eigenvalue weighted by Crippen LogP contribution is -2.35. The average Bonchev–Trinajstić information content (AvgIpc) is 2.88. The maximum absolute atomic E-state index is 13.1. The van der Waals surface area contributed by atoms with E-state index in [0.29, 0.717) is 17.2 Å². The molecule has 0 radical (unpaired) electrons. The zero-order chi connectivity index (χ0) is 16.6. The van der Waals surface area contributed by atoms with Gasteiger partial charge in [-0.2, -0.15) is 0 Å². The van der Waals surface area contributed by atoms with Gasteiger partial charge in [0.15, 0.2) is 0 Å². The summed E-state index contributed by atoms with van der Waals surface area (Å²) >= 11 is 1.65. The molecule has 3 rings (SSSR count). The largest absolute Gasteiger partial charge is 0.287 e. The van der Waals surface area contributed by atoms with Crippen LogP contribution in [0.15, 0.2) is 42.5 Å². The van der Waals surface area contributed by atoms with E-state index in [1.807, 2.05) is 37.3 Å². The van der Waals surface area contributed by atoms with Gasteiger partial charge in [-0.3, -0.25) is 15.1 Å². The summed E-state index contributed by atoms with van der Waals surface area (Å²) in [6.07, 6.45) is 0. The molecule has 1 N–H and O–H groups in total. The first kappa shape index (κ1) is 15.8. The Labute approximate surface area is 141 Å². The highest BCUT2D eigenvalue weighted by Gasteiger charge is 2.37. The number of amidine groups is 1. The topological polar surface area (TPSA) is 44.2 Å². The Morgan fingerprint density at radius 3 is 2.30 bits per heavy atom. The second-order valence-corrected chi connectivity index (χ2v) is 6.97. The lowest BCUT2D eigenvalue weighted by molar-refractivity contribution is 0.0838. The monoisotopic (exact) mass is 324 g/mol. The number of nitrogens with one attached hydrogen (secondary N) is 1. The molecule has 1 fully saturated rings. The summed E-state index contributed by atoms with van der Waals surface area (Å²) in [5.74, 6) is 0.873. The summed E-state index contributed by atoms with van der Waals surface area (Å²) in [6, 6.07) is 13.8. The van der Waals surface area contributed by atoms with Crippen LogP contribution >= 0.6 is 11.8 Å². The molecule has 23 heavy (non-hydrogen) atoms. The molecule has 0 saturated carbocycles. The van der Waals surface area contributed by atoms with Crippen molar-refractivity contribution in [3.8, 4) is 0 Å². The number of amides is 1. The molecule has 4 heteroatoms. The number of hydrogen-bond acceptors (Lipinski definition) is 3. The number of carbonyl (C=O) groups is 1. The van der Waals surface area contributed by atoms with Crippen LogP contribution in [0.25, 0.3) is 0 Å². The standard InChI is InChI=1S/C19H20N2OS/c1-12-7-4-5-10-15(12)18(22)21-16(20)11-23-19(21)17-13(2)8-6-9-14(17)3/h4-10,19-20H,11H2,1-3H3. The van der Waals surface area contributed by atoms with Crippen LogP contribution in [0.3, 0.4) is 0 Å². The molecule has 0 aromatic heterocycles. The first-order chi connectivity index (χ1) is 11.0. The minimum atomic E-state index is -0.115. The summed E-state index contributed by atoms with van der Waals surface area (Å²) in [5.41, 5.74) is 5.11. The lowest BCUT2D eigenvalue weighted by Gasteiger charge is -2.27. The third-order valence-corrected chi connectivity index (χ3v) is 5.49. The molecule has 0 bridgehead atoms. The van der Waals surface area contributed by atoms with E-state index in [-0.39, 0.29) is 11.3 Å². The van der Waals surface area contributed by atoms with Crippen molar-refractivity contribution < 1.29 is 4.79 Å². The molecule has 1 aliphatic heterocycles. The van der Waals surface area contributed by atoms with Gasteiger partial charge in [-0.25, -0.2) is 0 Å². The zero-order valence-electron chi connectivity index (χ0n) is 13.6. The quantitative estimate of drug-likeness (QED) is 0.885. The second kappa shape index (κ2) is 6.20. The first-order valence-electron chi connectivity index (χ1n) is 7.65. The van der Waals surface area contributed by atoms with Gasteiger partial charge in [-0.05, 0) is 49.1 Å². The van der Waals surface area contributed by atoms with Crippen molar-refractivity contribution >= 4 is 23.5 Å². The smallest absolute Gasteiger partial charge is 0.260 e. The number of nitrogens with zero attached hydrogens (tertiary/aromatic N) is 1.